The van der Waals surface area contributed by atoms with Crippen molar-refractivity contribution >= 4 is 23.4 Å². The van der Waals surface area contributed by atoms with Crippen LogP contribution in [0.3, 0.4) is 0 Å². The van der Waals surface area contributed by atoms with E-state index in [0.29, 0.717) is 17.2 Å². The van der Waals surface area contributed by atoms with Gasteiger partial charge in [-0.25, -0.2) is 4.68 Å². The van der Waals surface area contributed by atoms with Crippen LogP contribution in [0.5, 0.6) is 5.75 Å². The Kier molecular flexibility index (Phi) is 4.38. The second-order valence-corrected chi connectivity index (χ2v) is 6.33. The molecule has 1 heterocycles. The third-order valence-electron chi connectivity index (χ3n) is 4.48. The van der Waals surface area contributed by atoms with Crippen LogP contribution in [0.2, 0.25) is 0 Å². The Morgan fingerprint density at radius 2 is 1.85 bits per heavy atom. The molecule has 4 aromatic rings. The van der Waals surface area contributed by atoms with Gasteiger partial charge in [-0.1, -0.05) is 49.0 Å². The molecule has 1 N–H and O–H groups in total. The van der Waals surface area contributed by atoms with Crippen LogP contribution >= 0.6 is 0 Å². The molecule has 0 radical (unpaired) electrons. The number of rotatable bonds is 4. The fraction of sp³-hybridized carbons (Fsp3) is 0.0870. The Morgan fingerprint density at radius 1 is 1.04 bits per heavy atom. The van der Waals surface area contributed by atoms with Crippen LogP contribution < -0.4 is 20.9 Å². The monoisotopic (exact) mass is 356 g/mol. The molecule has 0 aliphatic carbocycles. The van der Waals surface area contributed by atoms with Crippen molar-refractivity contribution in [3.05, 3.63) is 93.2 Å². The standard InChI is InChI=1S/C23H20N2O2/c1-3-27-21-10-6-7-17(13-21)14-22-16(2)24-25(23(22)26)20-12-11-18-8-4-5-9-19(18)15-20/h4-15,24H,2-3H2,1H3/b22-14+. The Hall–Kier alpha value is -3.53. The van der Waals surface area contributed by atoms with Crippen molar-refractivity contribution in [2.45, 2.75) is 6.92 Å². The van der Waals surface area contributed by atoms with E-state index in [9.17, 15) is 4.79 Å². The molecule has 0 amide bonds. The number of H-pyrrole nitrogens is 1. The topological polar surface area (TPSA) is 47.0 Å². The highest BCUT2D eigenvalue weighted by atomic mass is 16.5. The predicted molar refractivity (Wildman–Crippen MR) is 110 cm³/mol. The van der Waals surface area contributed by atoms with Crippen molar-refractivity contribution < 1.29 is 4.74 Å². The average molecular weight is 356 g/mol. The number of hydrogen-bond donors (Lipinski definition) is 1. The van der Waals surface area contributed by atoms with E-state index in [1.54, 1.807) is 0 Å². The number of hydrogen-bond acceptors (Lipinski definition) is 2. The Balaban J connectivity index is 1.83. The van der Waals surface area contributed by atoms with Gasteiger partial charge in [-0.3, -0.25) is 9.89 Å². The SMILES string of the molecule is C=c1[nH]n(-c2ccc3ccccc3c2)c(=O)/c1=C/c1cccc(OCC)c1. The van der Waals surface area contributed by atoms with Gasteiger partial charge in [-0.15, -0.1) is 0 Å². The van der Waals surface area contributed by atoms with E-state index >= 15 is 0 Å². The number of nitrogens with zero attached hydrogens (tertiary/aromatic N) is 1. The molecule has 27 heavy (non-hydrogen) atoms. The van der Waals surface area contributed by atoms with Gasteiger partial charge < -0.3 is 4.74 Å². The zero-order valence-electron chi connectivity index (χ0n) is 15.1. The van der Waals surface area contributed by atoms with E-state index < -0.39 is 0 Å². The third-order valence-corrected chi connectivity index (χ3v) is 4.48. The summed E-state index contributed by atoms with van der Waals surface area (Å²) in [7, 11) is 0. The highest BCUT2D eigenvalue weighted by Crippen LogP contribution is 2.17. The van der Waals surface area contributed by atoms with Crippen LogP contribution in [-0.2, 0) is 0 Å². The molecule has 1 aromatic heterocycles. The summed E-state index contributed by atoms with van der Waals surface area (Å²) in [6, 6.07) is 21.7. The van der Waals surface area contributed by atoms with Gasteiger partial charge in [0.1, 0.15) is 5.75 Å². The van der Waals surface area contributed by atoms with Crippen LogP contribution in [0.25, 0.3) is 29.1 Å². The number of aromatic nitrogens is 2. The molecule has 0 aliphatic rings. The lowest BCUT2D eigenvalue weighted by Crippen LogP contribution is -2.33. The fourth-order valence-corrected chi connectivity index (χ4v) is 3.17. The maximum atomic E-state index is 13.0. The molecule has 0 unspecified atom stereocenters. The lowest BCUT2D eigenvalue weighted by atomic mass is 10.1. The minimum atomic E-state index is -0.128. The molecular weight excluding hydrogens is 336 g/mol. The first-order chi connectivity index (χ1) is 13.2. The van der Waals surface area contributed by atoms with E-state index in [4.69, 9.17) is 4.74 Å². The lowest BCUT2D eigenvalue weighted by molar-refractivity contribution is 0.340. The van der Waals surface area contributed by atoms with Gasteiger partial charge in [-0.05, 0) is 53.6 Å². The van der Waals surface area contributed by atoms with Gasteiger partial charge in [0.25, 0.3) is 5.56 Å². The molecule has 0 fully saturated rings. The molecule has 4 heteroatoms. The van der Waals surface area contributed by atoms with Crippen LogP contribution in [0.1, 0.15) is 12.5 Å². The minimum Gasteiger partial charge on any atom is -0.494 e. The smallest absolute Gasteiger partial charge is 0.279 e. The van der Waals surface area contributed by atoms with Gasteiger partial charge in [-0.2, -0.15) is 0 Å². The zero-order valence-corrected chi connectivity index (χ0v) is 15.1. The normalized spacial score (nSPS) is 11.8. The largest absolute Gasteiger partial charge is 0.494 e. The highest BCUT2D eigenvalue weighted by Gasteiger charge is 2.06. The zero-order chi connectivity index (χ0) is 18.8. The molecule has 0 saturated heterocycles. The average Bonchev–Trinajstić information content (AvgIpc) is 2.96. The first-order valence-electron chi connectivity index (χ1n) is 8.89. The van der Waals surface area contributed by atoms with E-state index in [-0.39, 0.29) is 5.56 Å². The van der Waals surface area contributed by atoms with Gasteiger partial charge in [0.05, 0.1) is 22.9 Å². The molecule has 3 aromatic carbocycles. The van der Waals surface area contributed by atoms with Crippen LogP contribution in [-0.4, -0.2) is 16.4 Å². The van der Waals surface area contributed by atoms with Crippen molar-refractivity contribution in [2.24, 2.45) is 0 Å². The highest BCUT2D eigenvalue weighted by molar-refractivity contribution is 5.84. The van der Waals surface area contributed by atoms with Gasteiger partial charge >= 0.3 is 0 Å². The van der Waals surface area contributed by atoms with Gasteiger partial charge in [0.2, 0.25) is 0 Å². The van der Waals surface area contributed by atoms with Gasteiger partial charge in [0.15, 0.2) is 0 Å². The summed E-state index contributed by atoms with van der Waals surface area (Å²) in [6.45, 7) is 6.55. The molecule has 0 atom stereocenters. The van der Waals surface area contributed by atoms with Crippen LogP contribution in [0, 0.1) is 0 Å². The maximum absolute atomic E-state index is 13.0. The summed E-state index contributed by atoms with van der Waals surface area (Å²) >= 11 is 0. The summed E-state index contributed by atoms with van der Waals surface area (Å²) in [4.78, 5) is 13.0. The number of benzene rings is 3. The Morgan fingerprint density at radius 3 is 2.67 bits per heavy atom. The predicted octanol–water partition coefficient (Wildman–Crippen LogP) is 2.96. The number of fused-ring (bicyclic) bond motifs is 1. The first kappa shape index (κ1) is 16.9. The quantitative estimate of drug-likeness (QED) is 0.611. The molecule has 0 spiro atoms. The summed E-state index contributed by atoms with van der Waals surface area (Å²) in [5.41, 5.74) is 1.55. The van der Waals surface area contributed by atoms with E-state index in [0.717, 1.165) is 27.8 Å². The van der Waals surface area contributed by atoms with Crippen molar-refractivity contribution in [3.8, 4) is 11.4 Å². The van der Waals surface area contributed by atoms with E-state index in [1.165, 1.54) is 4.68 Å². The summed E-state index contributed by atoms with van der Waals surface area (Å²) < 4.78 is 7.07. The second kappa shape index (κ2) is 7.00. The van der Waals surface area contributed by atoms with Gasteiger partial charge in [0, 0.05) is 0 Å². The molecule has 0 aliphatic heterocycles. The maximum Gasteiger partial charge on any atom is 0.279 e. The third kappa shape index (κ3) is 3.29. The Labute approximate surface area is 156 Å². The molecule has 4 nitrogen and oxygen atoms in total. The summed E-state index contributed by atoms with van der Waals surface area (Å²) in [6.07, 6.45) is 1.83. The van der Waals surface area contributed by atoms with Crippen molar-refractivity contribution in [2.75, 3.05) is 6.61 Å². The Bertz CT molecular complexity index is 1280. The second-order valence-electron chi connectivity index (χ2n) is 6.33. The van der Waals surface area contributed by atoms with Crippen LogP contribution in [0.15, 0.2) is 71.5 Å². The molecule has 4 rings (SSSR count). The first-order valence-corrected chi connectivity index (χ1v) is 8.89. The molecule has 0 saturated carbocycles. The van der Waals surface area contributed by atoms with Crippen molar-refractivity contribution in [3.63, 3.8) is 0 Å². The minimum absolute atomic E-state index is 0.128. The number of aromatic amines is 1. The van der Waals surface area contributed by atoms with E-state index in [1.807, 2.05) is 79.7 Å². The summed E-state index contributed by atoms with van der Waals surface area (Å²) in [5.74, 6) is 0.780. The number of nitrogens with one attached hydrogen (secondary N) is 1. The lowest BCUT2D eigenvalue weighted by Gasteiger charge is -2.03. The molecule has 134 valence electrons. The van der Waals surface area contributed by atoms with Crippen molar-refractivity contribution in [1.82, 2.24) is 9.78 Å². The van der Waals surface area contributed by atoms with Crippen molar-refractivity contribution in [1.29, 1.82) is 0 Å². The fourth-order valence-electron chi connectivity index (χ4n) is 3.17. The van der Waals surface area contributed by atoms with E-state index in [2.05, 4.69) is 11.7 Å². The molecule has 0 bridgehead atoms. The summed E-state index contributed by atoms with van der Waals surface area (Å²) in [5, 5.41) is 6.42. The molecular formula is C23H20N2O2. The van der Waals surface area contributed by atoms with Crippen LogP contribution in [0.4, 0.5) is 0 Å². The number of ether oxygens (including phenoxy) is 1.